The molecule has 0 fully saturated rings. The summed E-state index contributed by atoms with van der Waals surface area (Å²) < 4.78 is 9.77. The van der Waals surface area contributed by atoms with Gasteiger partial charge >= 0.3 is 0 Å². The Hall–Kier alpha value is -3.01. The molecule has 0 spiro atoms. The van der Waals surface area contributed by atoms with Gasteiger partial charge in [-0.1, -0.05) is 25.8 Å². The van der Waals surface area contributed by atoms with Crippen LogP contribution in [0.25, 0.3) is 5.78 Å². The molecule has 0 aliphatic carbocycles. The van der Waals surface area contributed by atoms with Crippen molar-refractivity contribution in [3.8, 4) is 5.75 Å². The second-order valence-electron chi connectivity index (χ2n) is 7.73. The molecule has 0 saturated carbocycles. The van der Waals surface area contributed by atoms with Crippen LogP contribution < -0.4 is 15.6 Å². The third-order valence-corrected chi connectivity index (χ3v) is 5.97. The number of fused-ring (bicyclic) bond motifs is 3. The van der Waals surface area contributed by atoms with E-state index in [0.717, 1.165) is 36.0 Å². The van der Waals surface area contributed by atoms with Gasteiger partial charge in [0.15, 0.2) is 6.61 Å². The molecule has 3 aromatic rings. The van der Waals surface area contributed by atoms with Gasteiger partial charge in [-0.25, -0.2) is 9.39 Å². The number of nitrogens with zero attached hydrogens (tertiary/aromatic N) is 5. The Morgan fingerprint density at radius 2 is 2.10 bits per heavy atom. The quantitative estimate of drug-likeness (QED) is 0.541. The van der Waals surface area contributed by atoms with E-state index in [0.29, 0.717) is 47.3 Å². The largest absolute Gasteiger partial charge is 0.482 e. The summed E-state index contributed by atoms with van der Waals surface area (Å²) in [5.41, 5.74) is 2.04. The molecular formula is C21H21BrN6O3. The Morgan fingerprint density at radius 3 is 2.94 bits per heavy atom. The third kappa shape index (κ3) is 3.54. The fourth-order valence-corrected chi connectivity index (χ4v) is 4.47. The first-order chi connectivity index (χ1) is 15.0. The monoisotopic (exact) mass is 484 g/mol. The molecule has 0 unspecified atom stereocenters. The van der Waals surface area contributed by atoms with Crippen LogP contribution in [-0.4, -0.2) is 36.3 Å². The van der Waals surface area contributed by atoms with E-state index in [1.54, 1.807) is 4.40 Å². The van der Waals surface area contributed by atoms with Crippen LogP contribution in [0.15, 0.2) is 28.0 Å². The molecule has 10 heteroatoms. The van der Waals surface area contributed by atoms with E-state index >= 15 is 0 Å². The molecule has 0 saturated heterocycles. The number of hydrogen-bond donors (Lipinski definition) is 1. The lowest BCUT2D eigenvalue weighted by molar-refractivity contribution is -0.118. The molecular weight excluding hydrogens is 464 g/mol. The number of aliphatic imine (C=N–C) groups is 1. The zero-order valence-corrected chi connectivity index (χ0v) is 18.6. The highest BCUT2D eigenvalue weighted by atomic mass is 79.9. The number of rotatable bonds is 6. The molecule has 1 amide bonds. The van der Waals surface area contributed by atoms with Crippen molar-refractivity contribution in [2.75, 3.05) is 11.9 Å². The minimum absolute atomic E-state index is 0.0154. The standard InChI is InChI=1S/C21H21BrN6O3/c1-2-3-4-7-27-19-13(10-16(22)24-19)20(30)28-17(25-26-21(27)28)9-12-5-6-15-14(8-12)23-18(29)11-31-15/h5-6,8H,2-4,7,9-11H2,1H3,(H,23,29). The summed E-state index contributed by atoms with van der Waals surface area (Å²) in [7, 11) is 0. The van der Waals surface area contributed by atoms with E-state index in [1.165, 1.54) is 0 Å². The summed E-state index contributed by atoms with van der Waals surface area (Å²) in [6, 6.07) is 5.57. The lowest BCUT2D eigenvalue weighted by atomic mass is 10.1. The van der Waals surface area contributed by atoms with Crippen molar-refractivity contribution >= 4 is 43.7 Å². The highest BCUT2D eigenvalue weighted by molar-refractivity contribution is 9.18. The Labute approximate surface area is 186 Å². The minimum atomic E-state index is -0.186. The lowest BCUT2D eigenvalue weighted by Crippen LogP contribution is -2.25. The zero-order chi connectivity index (χ0) is 21.5. The lowest BCUT2D eigenvalue weighted by Gasteiger charge is -2.18. The van der Waals surface area contributed by atoms with Gasteiger partial charge in [0.1, 0.15) is 17.4 Å². The van der Waals surface area contributed by atoms with Gasteiger partial charge in [-0.15, -0.1) is 10.2 Å². The van der Waals surface area contributed by atoms with Crippen LogP contribution in [0.2, 0.25) is 0 Å². The van der Waals surface area contributed by atoms with Crippen molar-refractivity contribution in [1.29, 1.82) is 0 Å². The highest BCUT2D eigenvalue weighted by Gasteiger charge is 2.26. The summed E-state index contributed by atoms with van der Waals surface area (Å²) >= 11 is 3.45. The number of nitrogens with one attached hydrogen (secondary N) is 1. The first kappa shape index (κ1) is 19.9. The van der Waals surface area contributed by atoms with Crippen molar-refractivity contribution in [3.63, 3.8) is 0 Å². The SMILES string of the molecule is CCCCCn1c2c(c(=O)n3c(Cc4ccc5c(c4)NC(=O)CO5)nnc13)CC(Br)=N2. The van der Waals surface area contributed by atoms with E-state index < -0.39 is 0 Å². The number of unbranched alkanes of at least 4 members (excludes halogenated alkanes) is 2. The number of aromatic nitrogens is 4. The van der Waals surface area contributed by atoms with Gasteiger partial charge in [0.05, 0.1) is 15.9 Å². The summed E-state index contributed by atoms with van der Waals surface area (Å²) in [5.74, 6) is 2.18. The molecule has 2 aliphatic heterocycles. The summed E-state index contributed by atoms with van der Waals surface area (Å²) in [6.07, 6.45) is 4.03. The Morgan fingerprint density at radius 1 is 1.23 bits per heavy atom. The Bertz CT molecular complexity index is 1290. The predicted molar refractivity (Wildman–Crippen MR) is 120 cm³/mol. The molecule has 9 nitrogen and oxygen atoms in total. The van der Waals surface area contributed by atoms with Gasteiger partial charge in [0.25, 0.3) is 11.5 Å². The topological polar surface area (TPSA) is 103 Å². The van der Waals surface area contributed by atoms with Crippen molar-refractivity contribution in [1.82, 2.24) is 19.2 Å². The van der Waals surface area contributed by atoms with E-state index in [1.807, 2.05) is 22.8 Å². The molecule has 1 aromatic carbocycles. The van der Waals surface area contributed by atoms with Crippen LogP contribution in [0.3, 0.4) is 0 Å². The number of hydrogen-bond acceptors (Lipinski definition) is 6. The minimum Gasteiger partial charge on any atom is -0.482 e. The molecule has 31 heavy (non-hydrogen) atoms. The van der Waals surface area contributed by atoms with Gasteiger partial charge in [-0.3, -0.25) is 14.2 Å². The van der Waals surface area contributed by atoms with Gasteiger partial charge < -0.3 is 10.1 Å². The first-order valence-electron chi connectivity index (χ1n) is 10.3. The van der Waals surface area contributed by atoms with Crippen LogP contribution >= 0.6 is 15.9 Å². The molecule has 0 radical (unpaired) electrons. The van der Waals surface area contributed by atoms with Crippen molar-refractivity contribution in [2.45, 2.75) is 45.6 Å². The summed E-state index contributed by atoms with van der Waals surface area (Å²) in [4.78, 5) is 29.5. The maximum Gasteiger partial charge on any atom is 0.266 e. The fraction of sp³-hybridized carbons (Fsp3) is 0.381. The highest BCUT2D eigenvalue weighted by Crippen LogP contribution is 2.30. The molecule has 5 rings (SSSR count). The van der Waals surface area contributed by atoms with Crippen molar-refractivity contribution in [3.05, 3.63) is 45.5 Å². The predicted octanol–water partition coefficient (Wildman–Crippen LogP) is 2.98. The molecule has 4 heterocycles. The van der Waals surface area contributed by atoms with Crippen LogP contribution in [0.5, 0.6) is 5.75 Å². The number of amides is 1. The van der Waals surface area contributed by atoms with Crippen LogP contribution in [-0.2, 0) is 24.2 Å². The maximum atomic E-state index is 13.3. The van der Waals surface area contributed by atoms with Gasteiger partial charge in [0.2, 0.25) is 5.78 Å². The normalized spacial score (nSPS) is 14.8. The van der Waals surface area contributed by atoms with Crippen LogP contribution in [0, 0.1) is 0 Å². The molecule has 0 bridgehead atoms. The van der Waals surface area contributed by atoms with Gasteiger partial charge in [-0.2, -0.15) is 0 Å². The fourth-order valence-electron chi connectivity index (χ4n) is 4.02. The van der Waals surface area contributed by atoms with Crippen molar-refractivity contribution < 1.29 is 9.53 Å². The average molecular weight is 485 g/mol. The van der Waals surface area contributed by atoms with Gasteiger partial charge in [0, 0.05) is 19.4 Å². The van der Waals surface area contributed by atoms with Gasteiger partial charge in [-0.05, 0) is 40.0 Å². The van der Waals surface area contributed by atoms with E-state index in [2.05, 4.69) is 43.4 Å². The second kappa shape index (κ2) is 7.92. The number of benzene rings is 1. The van der Waals surface area contributed by atoms with Crippen molar-refractivity contribution in [2.24, 2.45) is 4.99 Å². The second-order valence-corrected chi connectivity index (χ2v) is 8.64. The summed E-state index contributed by atoms with van der Waals surface area (Å²) in [6.45, 7) is 2.90. The smallest absolute Gasteiger partial charge is 0.266 e. The Kier molecular flexibility index (Phi) is 5.09. The van der Waals surface area contributed by atoms with E-state index in [-0.39, 0.29) is 18.1 Å². The first-order valence-corrected chi connectivity index (χ1v) is 11.1. The number of anilines is 1. The van der Waals surface area contributed by atoms with Crippen LogP contribution in [0.4, 0.5) is 11.5 Å². The number of carbonyl (C=O) groups is 1. The molecule has 1 N–H and O–H groups in total. The molecule has 2 aliphatic rings. The summed E-state index contributed by atoms with van der Waals surface area (Å²) in [5, 5.41) is 11.5. The number of ether oxygens (including phenoxy) is 1. The molecule has 2 aromatic heterocycles. The number of halogens is 1. The number of aryl methyl sites for hydroxylation is 1. The maximum absolute atomic E-state index is 13.3. The number of carbonyl (C=O) groups excluding carboxylic acids is 1. The molecule has 160 valence electrons. The van der Waals surface area contributed by atoms with E-state index in [4.69, 9.17) is 4.74 Å². The third-order valence-electron chi connectivity index (χ3n) is 5.52. The average Bonchev–Trinajstić information content (AvgIpc) is 3.34. The van der Waals surface area contributed by atoms with E-state index in [9.17, 15) is 9.59 Å². The zero-order valence-electron chi connectivity index (χ0n) is 17.0. The Balaban J connectivity index is 1.56. The van der Waals surface area contributed by atoms with Crippen LogP contribution in [0.1, 0.15) is 43.1 Å². The molecule has 0 atom stereocenters.